The van der Waals surface area contributed by atoms with Crippen LogP contribution in [-0.4, -0.2) is 62.9 Å². The molecule has 6 nitrogen and oxygen atoms in total. The van der Waals surface area contributed by atoms with Crippen LogP contribution in [0.2, 0.25) is 0 Å². The normalized spacial score (nSPS) is 21.9. The fraction of sp³-hybridized carbons (Fsp3) is 0.500. The average Bonchev–Trinajstić information content (AvgIpc) is 2.91. The van der Waals surface area contributed by atoms with Crippen molar-refractivity contribution in [3.63, 3.8) is 0 Å². The number of alkyl halides is 4. The summed E-state index contributed by atoms with van der Waals surface area (Å²) in [4.78, 5) is 13.9. The topological polar surface area (TPSA) is 70.1 Å². The molecule has 0 spiro atoms. The molecule has 0 saturated heterocycles. The fourth-order valence-corrected chi connectivity index (χ4v) is 7.20. The highest BCUT2D eigenvalue weighted by molar-refractivity contribution is 8.00. The van der Waals surface area contributed by atoms with E-state index in [1.807, 2.05) is 35.2 Å². The molecule has 38 heavy (non-hydrogen) atoms. The number of para-hydroxylation sites is 1. The van der Waals surface area contributed by atoms with Crippen LogP contribution in [-0.2, 0) is 15.8 Å². The van der Waals surface area contributed by atoms with Crippen molar-refractivity contribution in [3.05, 3.63) is 42.5 Å². The first-order chi connectivity index (χ1) is 17.8. The van der Waals surface area contributed by atoms with Gasteiger partial charge in [-0.1, -0.05) is 18.2 Å². The van der Waals surface area contributed by atoms with E-state index in [0.29, 0.717) is 15.5 Å². The van der Waals surface area contributed by atoms with Crippen molar-refractivity contribution in [2.45, 2.75) is 72.0 Å². The van der Waals surface area contributed by atoms with Crippen molar-refractivity contribution >= 4 is 40.1 Å². The number of anilines is 2. The number of fused-ring (bicyclic) bond motifs is 1. The first kappa shape index (κ1) is 28.7. The summed E-state index contributed by atoms with van der Waals surface area (Å²) in [5.41, 5.74) is 1.33. The highest BCUT2D eigenvalue weighted by Gasteiger charge is 2.46. The second-order valence-corrected chi connectivity index (χ2v) is 12.6. The van der Waals surface area contributed by atoms with Crippen molar-refractivity contribution in [1.29, 1.82) is 0 Å². The number of hydrogen-bond acceptors (Lipinski definition) is 5. The molecule has 0 radical (unpaired) electrons. The number of nitrogens with zero attached hydrogens (tertiary/aromatic N) is 2. The summed E-state index contributed by atoms with van der Waals surface area (Å²) >= 11 is 1.22. The van der Waals surface area contributed by atoms with Crippen LogP contribution in [0.15, 0.2) is 52.3 Å². The standard InChI is InChI=1S/C26H30F4N2O4S2/c1-25(27,28)10-8-18-16-32(17-6-4-3-5-7-17)20-12-22(37-19-14-26(29,30)15-19)21(36-11-9-24(33)34)13-23(20)38(35)31(18)2/h3-7,12-13,18-19H,8-11,14-16H2,1-2H3,(H,33,34). The molecule has 2 aromatic carbocycles. The van der Waals surface area contributed by atoms with E-state index in [1.54, 1.807) is 23.5 Å². The van der Waals surface area contributed by atoms with Crippen LogP contribution in [0.25, 0.3) is 0 Å². The number of likely N-dealkylation sites (N-methyl/N-ethyl adjacent to an activating group) is 1. The van der Waals surface area contributed by atoms with Crippen molar-refractivity contribution < 1.29 is 36.4 Å². The zero-order valence-electron chi connectivity index (χ0n) is 21.0. The molecule has 0 amide bonds. The second-order valence-electron chi connectivity index (χ2n) is 9.77. The van der Waals surface area contributed by atoms with Crippen molar-refractivity contribution in [3.8, 4) is 5.75 Å². The van der Waals surface area contributed by atoms with Crippen LogP contribution in [0.4, 0.5) is 28.9 Å². The molecule has 208 valence electrons. The largest absolute Gasteiger partial charge is 0.492 e. The summed E-state index contributed by atoms with van der Waals surface area (Å²) in [6.07, 6.45) is -1.11. The van der Waals surface area contributed by atoms with Gasteiger partial charge in [-0.3, -0.25) is 4.79 Å². The van der Waals surface area contributed by atoms with Crippen molar-refractivity contribution in [2.75, 3.05) is 25.1 Å². The van der Waals surface area contributed by atoms with Gasteiger partial charge in [-0.2, -0.15) is 0 Å². The number of ether oxygens (including phenoxy) is 1. The van der Waals surface area contributed by atoms with Crippen LogP contribution in [0.5, 0.6) is 5.75 Å². The minimum atomic E-state index is -2.88. The summed E-state index contributed by atoms with van der Waals surface area (Å²) in [5, 5.41) is 8.68. The third-order valence-electron chi connectivity index (χ3n) is 6.58. The Morgan fingerprint density at radius 1 is 1.24 bits per heavy atom. The van der Waals surface area contributed by atoms with Gasteiger partial charge in [-0.15, -0.1) is 11.8 Å². The predicted octanol–water partition coefficient (Wildman–Crippen LogP) is 6.34. The van der Waals surface area contributed by atoms with E-state index in [9.17, 15) is 26.6 Å². The van der Waals surface area contributed by atoms with Crippen molar-refractivity contribution in [2.24, 2.45) is 0 Å². The van der Waals surface area contributed by atoms with Gasteiger partial charge in [0.15, 0.2) is 0 Å². The van der Waals surface area contributed by atoms with Gasteiger partial charge in [0.25, 0.3) is 0 Å². The van der Waals surface area contributed by atoms with E-state index in [-0.39, 0.29) is 56.3 Å². The van der Waals surface area contributed by atoms with E-state index < -0.39 is 34.8 Å². The van der Waals surface area contributed by atoms with E-state index in [0.717, 1.165) is 12.6 Å². The predicted molar refractivity (Wildman–Crippen MR) is 139 cm³/mol. The summed E-state index contributed by atoms with van der Waals surface area (Å²) in [5.74, 6) is -6.39. The van der Waals surface area contributed by atoms with Gasteiger partial charge in [0.2, 0.25) is 11.8 Å². The zero-order valence-corrected chi connectivity index (χ0v) is 22.7. The van der Waals surface area contributed by atoms with Gasteiger partial charge in [0.05, 0.1) is 28.5 Å². The molecule has 1 aliphatic heterocycles. The smallest absolute Gasteiger partial charge is 0.306 e. The zero-order chi connectivity index (χ0) is 27.7. The minimum absolute atomic E-state index is 0.101. The van der Waals surface area contributed by atoms with Crippen LogP contribution >= 0.6 is 11.8 Å². The monoisotopic (exact) mass is 574 g/mol. The van der Waals surface area contributed by atoms with Gasteiger partial charge in [-0.05, 0) is 31.5 Å². The van der Waals surface area contributed by atoms with Crippen LogP contribution < -0.4 is 9.64 Å². The quantitative estimate of drug-likeness (QED) is 0.334. The van der Waals surface area contributed by atoms with Gasteiger partial charge >= 0.3 is 5.97 Å². The van der Waals surface area contributed by atoms with E-state index in [2.05, 4.69) is 0 Å². The molecule has 1 fully saturated rings. The lowest BCUT2D eigenvalue weighted by atomic mass is 9.94. The number of thioether (sulfide) groups is 1. The molecule has 2 unspecified atom stereocenters. The highest BCUT2D eigenvalue weighted by Crippen LogP contribution is 2.50. The number of halogens is 4. The Hall–Kier alpha value is -2.31. The van der Waals surface area contributed by atoms with Gasteiger partial charge < -0.3 is 14.7 Å². The van der Waals surface area contributed by atoms with E-state index in [1.165, 1.54) is 11.8 Å². The molecular formula is C26H30F4N2O4S2. The lowest BCUT2D eigenvalue weighted by molar-refractivity contribution is -0.137. The SMILES string of the molecule is CN1C(CCC(C)(F)F)CN(c2ccccc2)c2cc(SC3CC(F)(F)C3)c(OCCC(=O)O)cc2S1=O. The first-order valence-electron chi connectivity index (χ1n) is 12.3. The number of aliphatic carboxylic acids is 1. The molecule has 1 aliphatic carbocycles. The first-order valence-corrected chi connectivity index (χ1v) is 14.2. The average molecular weight is 575 g/mol. The number of carboxylic acid groups (broad SMARTS) is 1. The lowest BCUT2D eigenvalue weighted by Gasteiger charge is -2.35. The van der Waals surface area contributed by atoms with Gasteiger partial charge in [0, 0.05) is 55.9 Å². The Kier molecular flexibility index (Phi) is 8.63. The minimum Gasteiger partial charge on any atom is -0.492 e. The number of benzene rings is 2. The molecule has 12 heteroatoms. The third-order valence-corrected chi connectivity index (χ3v) is 9.34. The Bertz CT molecular complexity index is 1170. The highest BCUT2D eigenvalue weighted by atomic mass is 32.2. The Labute approximate surface area is 225 Å². The lowest BCUT2D eigenvalue weighted by Crippen LogP contribution is -2.39. The van der Waals surface area contributed by atoms with Crippen LogP contribution in [0, 0.1) is 0 Å². The molecule has 2 atom stereocenters. The number of hydrogen-bond donors (Lipinski definition) is 1. The van der Waals surface area contributed by atoms with Gasteiger partial charge in [-0.25, -0.2) is 26.1 Å². The molecule has 2 aliphatic rings. The molecular weight excluding hydrogens is 544 g/mol. The molecule has 1 heterocycles. The summed E-state index contributed by atoms with van der Waals surface area (Å²) in [7, 11) is -0.133. The Balaban J connectivity index is 1.76. The Morgan fingerprint density at radius 3 is 2.53 bits per heavy atom. The molecule has 1 N–H and O–H groups in total. The van der Waals surface area contributed by atoms with Crippen LogP contribution in [0.1, 0.15) is 39.0 Å². The second kappa shape index (κ2) is 11.4. The summed E-state index contributed by atoms with van der Waals surface area (Å²) in [6, 6.07) is 12.1. The summed E-state index contributed by atoms with van der Waals surface area (Å²) < 4.78 is 75.7. The number of rotatable bonds is 10. The maximum absolute atomic E-state index is 13.8. The molecule has 0 bridgehead atoms. The van der Waals surface area contributed by atoms with E-state index in [4.69, 9.17) is 9.84 Å². The Morgan fingerprint density at radius 2 is 1.92 bits per heavy atom. The third kappa shape index (κ3) is 7.01. The van der Waals surface area contributed by atoms with Crippen molar-refractivity contribution in [1.82, 2.24) is 4.31 Å². The molecule has 1 saturated carbocycles. The fourth-order valence-electron chi connectivity index (χ4n) is 4.46. The maximum Gasteiger partial charge on any atom is 0.306 e. The molecule has 0 aromatic heterocycles. The molecule has 4 rings (SSSR count). The number of carbonyl (C=O) groups is 1. The molecule has 2 aromatic rings. The van der Waals surface area contributed by atoms with Crippen LogP contribution in [0.3, 0.4) is 0 Å². The number of carboxylic acids is 1. The maximum atomic E-state index is 13.8. The van der Waals surface area contributed by atoms with E-state index >= 15 is 0 Å². The summed E-state index contributed by atoms with van der Waals surface area (Å²) in [6.45, 7) is 0.986. The van der Waals surface area contributed by atoms with Gasteiger partial charge in [0.1, 0.15) is 16.7 Å².